The zero-order valence-electron chi connectivity index (χ0n) is 12.8. The molecule has 0 aliphatic rings. The molecule has 0 spiro atoms. The summed E-state index contributed by atoms with van der Waals surface area (Å²) in [5, 5.41) is 5.33. The molecule has 0 saturated heterocycles. The van der Waals surface area contributed by atoms with Crippen LogP contribution in [0.5, 0.6) is 5.75 Å². The van der Waals surface area contributed by atoms with Crippen LogP contribution in [0.15, 0.2) is 48.5 Å². The molecule has 120 valence electrons. The number of rotatable bonds is 5. The lowest BCUT2D eigenvalue weighted by atomic mass is 10.2. The topological polar surface area (TPSA) is 67.4 Å². The lowest BCUT2D eigenvalue weighted by molar-refractivity contribution is -0.122. The van der Waals surface area contributed by atoms with E-state index in [-0.39, 0.29) is 17.6 Å². The molecule has 2 N–H and O–H groups in total. The van der Waals surface area contributed by atoms with E-state index in [1.807, 2.05) is 0 Å². The van der Waals surface area contributed by atoms with E-state index in [0.29, 0.717) is 17.1 Å². The van der Waals surface area contributed by atoms with Gasteiger partial charge in [-0.1, -0.05) is 6.07 Å². The quantitative estimate of drug-likeness (QED) is 0.890. The van der Waals surface area contributed by atoms with Crippen LogP contribution >= 0.6 is 0 Å². The largest absolute Gasteiger partial charge is 0.481 e. The van der Waals surface area contributed by atoms with Crippen molar-refractivity contribution in [3.05, 3.63) is 54.3 Å². The summed E-state index contributed by atoms with van der Waals surface area (Å²) >= 11 is 0. The minimum absolute atomic E-state index is 0.193. The second-order valence-corrected chi connectivity index (χ2v) is 4.97. The van der Waals surface area contributed by atoms with Crippen LogP contribution in [0.3, 0.4) is 0 Å². The van der Waals surface area contributed by atoms with Crippen molar-refractivity contribution < 1.29 is 18.7 Å². The average molecular weight is 316 g/mol. The molecule has 2 aromatic rings. The first kappa shape index (κ1) is 16.5. The van der Waals surface area contributed by atoms with E-state index in [0.717, 1.165) is 0 Å². The van der Waals surface area contributed by atoms with E-state index in [1.54, 1.807) is 31.2 Å². The summed E-state index contributed by atoms with van der Waals surface area (Å²) in [4.78, 5) is 23.2. The Morgan fingerprint density at radius 3 is 2.26 bits per heavy atom. The molecular formula is C17H17FN2O3. The number of halogens is 1. The van der Waals surface area contributed by atoms with Gasteiger partial charge in [-0.3, -0.25) is 9.59 Å². The van der Waals surface area contributed by atoms with Gasteiger partial charge in [0.05, 0.1) is 0 Å². The summed E-state index contributed by atoms with van der Waals surface area (Å²) in [5.41, 5.74) is 1.12. The van der Waals surface area contributed by atoms with Gasteiger partial charge in [0, 0.05) is 18.3 Å². The summed E-state index contributed by atoms with van der Waals surface area (Å²) in [6, 6.07) is 12.2. The first-order chi connectivity index (χ1) is 10.9. The SMILES string of the molecule is CC(=O)Nc1cccc(NC(=O)[C@H](C)Oc2ccc(F)cc2)c1. The van der Waals surface area contributed by atoms with Crippen LogP contribution in [0, 0.1) is 5.82 Å². The third kappa shape index (κ3) is 5.10. The van der Waals surface area contributed by atoms with Crippen LogP contribution in [-0.4, -0.2) is 17.9 Å². The predicted octanol–water partition coefficient (Wildman–Crippen LogP) is 3.19. The van der Waals surface area contributed by atoms with Gasteiger partial charge in [0.1, 0.15) is 11.6 Å². The molecule has 0 saturated carbocycles. The van der Waals surface area contributed by atoms with Gasteiger partial charge in [-0.15, -0.1) is 0 Å². The fraction of sp³-hybridized carbons (Fsp3) is 0.176. The van der Waals surface area contributed by atoms with E-state index in [2.05, 4.69) is 10.6 Å². The molecule has 0 heterocycles. The van der Waals surface area contributed by atoms with Crippen LogP contribution in [0.1, 0.15) is 13.8 Å². The third-order valence-electron chi connectivity index (χ3n) is 2.95. The molecule has 2 amide bonds. The number of hydrogen-bond donors (Lipinski definition) is 2. The molecule has 0 aromatic heterocycles. The number of ether oxygens (including phenoxy) is 1. The van der Waals surface area contributed by atoms with Crippen molar-refractivity contribution in [1.29, 1.82) is 0 Å². The lowest BCUT2D eigenvalue weighted by Crippen LogP contribution is -2.30. The van der Waals surface area contributed by atoms with Crippen molar-refractivity contribution in [2.45, 2.75) is 20.0 Å². The standard InChI is InChI=1S/C17H17FN2O3/c1-11(23-16-8-6-13(18)7-9-16)17(22)20-15-5-3-4-14(10-15)19-12(2)21/h3-11H,1-2H3,(H,19,21)(H,20,22)/t11-/m0/s1. The van der Waals surface area contributed by atoms with Crippen LogP contribution in [0.25, 0.3) is 0 Å². The van der Waals surface area contributed by atoms with Gasteiger partial charge in [-0.25, -0.2) is 4.39 Å². The van der Waals surface area contributed by atoms with Crippen LogP contribution in [0.2, 0.25) is 0 Å². The Balaban J connectivity index is 1.97. The van der Waals surface area contributed by atoms with Crippen molar-refractivity contribution in [2.24, 2.45) is 0 Å². The zero-order chi connectivity index (χ0) is 16.8. The predicted molar refractivity (Wildman–Crippen MR) is 85.9 cm³/mol. The van der Waals surface area contributed by atoms with Crippen LogP contribution in [-0.2, 0) is 9.59 Å². The smallest absolute Gasteiger partial charge is 0.265 e. The third-order valence-corrected chi connectivity index (χ3v) is 2.95. The maximum absolute atomic E-state index is 12.8. The summed E-state index contributed by atoms with van der Waals surface area (Å²) in [6.45, 7) is 3.00. The first-order valence-corrected chi connectivity index (χ1v) is 7.05. The molecule has 0 unspecified atom stereocenters. The van der Waals surface area contributed by atoms with E-state index < -0.39 is 6.10 Å². The maximum atomic E-state index is 12.8. The number of amides is 2. The Kier molecular flexibility index (Phi) is 5.30. The van der Waals surface area contributed by atoms with E-state index in [1.165, 1.54) is 31.2 Å². The summed E-state index contributed by atoms with van der Waals surface area (Å²) < 4.78 is 18.3. The normalized spacial score (nSPS) is 11.4. The van der Waals surface area contributed by atoms with Gasteiger partial charge in [-0.05, 0) is 49.4 Å². The number of carbonyl (C=O) groups excluding carboxylic acids is 2. The summed E-state index contributed by atoms with van der Waals surface area (Å²) in [5.74, 6) is -0.513. The van der Waals surface area contributed by atoms with Crippen LogP contribution in [0.4, 0.5) is 15.8 Å². The Bertz CT molecular complexity index is 701. The maximum Gasteiger partial charge on any atom is 0.265 e. The highest BCUT2D eigenvalue weighted by Gasteiger charge is 2.15. The van der Waals surface area contributed by atoms with Gasteiger partial charge in [0.2, 0.25) is 5.91 Å². The number of hydrogen-bond acceptors (Lipinski definition) is 3. The van der Waals surface area contributed by atoms with Gasteiger partial charge in [0.15, 0.2) is 6.10 Å². The molecule has 1 atom stereocenters. The van der Waals surface area contributed by atoms with E-state index in [9.17, 15) is 14.0 Å². The molecule has 6 heteroatoms. The van der Waals surface area contributed by atoms with Crippen molar-refractivity contribution in [2.75, 3.05) is 10.6 Å². The number of benzene rings is 2. The molecule has 0 bridgehead atoms. The number of nitrogens with one attached hydrogen (secondary N) is 2. The van der Waals surface area contributed by atoms with Crippen molar-refractivity contribution in [1.82, 2.24) is 0 Å². The Labute approximate surface area is 133 Å². The molecule has 0 aliphatic heterocycles. The van der Waals surface area contributed by atoms with Gasteiger partial charge in [-0.2, -0.15) is 0 Å². The van der Waals surface area contributed by atoms with E-state index >= 15 is 0 Å². The monoisotopic (exact) mass is 316 g/mol. The first-order valence-electron chi connectivity index (χ1n) is 7.05. The average Bonchev–Trinajstić information content (AvgIpc) is 2.49. The van der Waals surface area contributed by atoms with Gasteiger partial charge >= 0.3 is 0 Å². The second kappa shape index (κ2) is 7.40. The molecule has 2 rings (SSSR count). The van der Waals surface area contributed by atoms with Gasteiger partial charge < -0.3 is 15.4 Å². The zero-order valence-corrected chi connectivity index (χ0v) is 12.8. The molecule has 2 aromatic carbocycles. The van der Waals surface area contributed by atoms with Crippen molar-refractivity contribution in [3.8, 4) is 5.75 Å². The Morgan fingerprint density at radius 2 is 1.65 bits per heavy atom. The van der Waals surface area contributed by atoms with Gasteiger partial charge in [0.25, 0.3) is 5.91 Å². The Morgan fingerprint density at radius 1 is 1.04 bits per heavy atom. The second-order valence-electron chi connectivity index (χ2n) is 4.97. The summed E-state index contributed by atoms with van der Waals surface area (Å²) in [6.07, 6.45) is -0.759. The molecule has 5 nitrogen and oxygen atoms in total. The molecule has 0 fully saturated rings. The number of carbonyl (C=O) groups is 2. The Hall–Kier alpha value is -2.89. The highest BCUT2D eigenvalue weighted by Crippen LogP contribution is 2.17. The highest BCUT2D eigenvalue weighted by molar-refractivity contribution is 5.95. The fourth-order valence-corrected chi connectivity index (χ4v) is 1.89. The molecular weight excluding hydrogens is 299 g/mol. The lowest BCUT2D eigenvalue weighted by Gasteiger charge is -2.15. The minimum Gasteiger partial charge on any atom is -0.481 e. The summed E-state index contributed by atoms with van der Waals surface area (Å²) in [7, 11) is 0. The molecule has 23 heavy (non-hydrogen) atoms. The molecule has 0 aliphatic carbocycles. The number of anilines is 2. The minimum atomic E-state index is -0.759. The van der Waals surface area contributed by atoms with Crippen molar-refractivity contribution >= 4 is 23.2 Å². The highest BCUT2D eigenvalue weighted by atomic mass is 19.1. The van der Waals surface area contributed by atoms with Crippen molar-refractivity contribution in [3.63, 3.8) is 0 Å². The molecule has 0 radical (unpaired) electrons. The fourth-order valence-electron chi connectivity index (χ4n) is 1.89. The van der Waals surface area contributed by atoms with Crippen LogP contribution < -0.4 is 15.4 Å². The van der Waals surface area contributed by atoms with E-state index in [4.69, 9.17) is 4.74 Å².